The van der Waals surface area contributed by atoms with Crippen molar-refractivity contribution in [3.05, 3.63) is 11.7 Å². The van der Waals surface area contributed by atoms with Crippen LogP contribution in [0.1, 0.15) is 25.1 Å². The van der Waals surface area contributed by atoms with E-state index in [1.165, 1.54) is 0 Å². The van der Waals surface area contributed by atoms with Crippen molar-refractivity contribution in [2.45, 2.75) is 32.2 Å². The van der Waals surface area contributed by atoms with Crippen molar-refractivity contribution in [2.24, 2.45) is 5.73 Å². The number of rotatable bonds is 6. The van der Waals surface area contributed by atoms with Crippen molar-refractivity contribution in [1.82, 2.24) is 10.1 Å². The Kier molecular flexibility index (Phi) is 4.55. The molecule has 0 aliphatic heterocycles. The lowest BCUT2D eigenvalue weighted by Gasteiger charge is -2.02. The summed E-state index contributed by atoms with van der Waals surface area (Å²) in [6.07, 6.45) is 2.24. The quantitative estimate of drug-likeness (QED) is 0.723. The fourth-order valence-corrected chi connectivity index (χ4v) is 1.04. The van der Waals surface area contributed by atoms with Gasteiger partial charge in [0, 0.05) is 26.0 Å². The molecule has 1 aromatic rings. The van der Waals surface area contributed by atoms with E-state index in [-0.39, 0.29) is 6.04 Å². The van der Waals surface area contributed by atoms with E-state index >= 15 is 0 Å². The minimum Gasteiger partial charge on any atom is -0.384 e. The summed E-state index contributed by atoms with van der Waals surface area (Å²) in [5, 5.41) is 3.82. The second-order valence-electron chi connectivity index (χ2n) is 3.22. The van der Waals surface area contributed by atoms with E-state index in [9.17, 15) is 0 Å². The summed E-state index contributed by atoms with van der Waals surface area (Å²) in [6, 6.07) is 0.103. The maximum atomic E-state index is 5.76. The third-order valence-corrected chi connectivity index (χ3v) is 2.00. The van der Waals surface area contributed by atoms with Crippen LogP contribution in [-0.2, 0) is 17.6 Å². The van der Waals surface area contributed by atoms with E-state index < -0.39 is 0 Å². The third kappa shape index (κ3) is 3.43. The second kappa shape index (κ2) is 5.72. The highest BCUT2D eigenvalue weighted by Gasteiger charge is 2.09. The fourth-order valence-electron chi connectivity index (χ4n) is 1.04. The van der Waals surface area contributed by atoms with E-state index in [1.807, 2.05) is 6.92 Å². The zero-order valence-electron chi connectivity index (χ0n) is 8.69. The van der Waals surface area contributed by atoms with Crippen molar-refractivity contribution in [1.29, 1.82) is 0 Å². The molecule has 0 saturated carbocycles. The number of hydrogen-bond donors (Lipinski definition) is 1. The van der Waals surface area contributed by atoms with E-state index in [0.717, 1.165) is 6.42 Å². The van der Waals surface area contributed by atoms with Crippen LogP contribution < -0.4 is 5.73 Å². The van der Waals surface area contributed by atoms with Crippen LogP contribution in [0.5, 0.6) is 0 Å². The molecule has 14 heavy (non-hydrogen) atoms. The van der Waals surface area contributed by atoms with Gasteiger partial charge in [0.25, 0.3) is 0 Å². The highest BCUT2D eigenvalue weighted by molar-refractivity contribution is 4.88. The van der Waals surface area contributed by atoms with Gasteiger partial charge in [-0.05, 0) is 6.42 Å². The zero-order valence-corrected chi connectivity index (χ0v) is 8.69. The second-order valence-corrected chi connectivity index (χ2v) is 3.22. The Morgan fingerprint density at radius 3 is 3.00 bits per heavy atom. The number of ether oxygens (including phenoxy) is 1. The first-order valence-corrected chi connectivity index (χ1v) is 4.82. The molecule has 0 aromatic carbocycles. The SMILES string of the molecule is CCC(N)Cc1nc(CCOC)no1. The lowest BCUT2D eigenvalue weighted by atomic mass is 10.2. The van der Waals surface area contributed by atoms with Crippen molar-refractivity contribution in [3.63, 3.8) is 0 Å². The largest absolute Gasteiger partial charge is 0.384 e. The first-order valence-electron chi connectivity index (χ1n) is 4.82. The maximum absolute atomic E-state index is 5.76. The molecule has 1 rings (SSSR count). The van der Waals surface area contributed by atoms with Crippen LogP contribution in [0.25, 0.3) is 0 Å². The molecule has 0 bridgehead atoms. The van der Waals surface area contributed by atoms with Crippen molar-refractivity contribution in [3.8, 4) is 0 Å². The molecule has 0 radical (unpaired) electrons. The summed E-state index contributed by atoms with van der Waals surface area (Å²) < 4.78 is 9.95. The van der Waals surface area contributed by atoms with E-state index in [0.29, 0.717) is 31.2 Å². The number of hydrogen-bond acceptors (Lipinski definition) is 5. The molecule has 1 aromatic heterocycles. The van der Waals surface area contributed by atoms with Crippen LogP contribution in [0, 0.1) is 0 Å². The summed E-state index contributed by atoms with van der Waals surface area (Å²) in [4.78, 5) is 4.20. The van der Waals surface area contributed by atoms with Crippen LogP contribution in [0.3, 0.4) is 0 Å². The summed E-state index contributed by atoms with van der Waals surface area (Å²) in [5.74, 6) is 1.30. The van der Waals surface area contributed by atoms with Crippen molar-refractivity contribution >= 4 is 0 Å². The summed E-state index contributed by atoms with van der Waals surface area (Å²) in [7, 11) is 1.65. The molecule has 0 aliphatic carbocycles. The maximum Gasteiger partial charge on any atom is 0.228 e. The van der Waals surface area contributed by atoms with E-state index in [1.54, 1.807) is 7.11 Å². The number of aromatic nitrogens is 2. The number of nitrogens with zero attached hydrogens (tertiary/aromatic N) is 2. The molecule has 1 atom stereocenters. The van der Waals surface area contributed by atoms with Crippen molar-refractivity contribution < 1.29 is 9.26 Å². The molecule has 0 fully saturated rings. The molecule has 5 nitrogen and oxygen atoms in total. The van der Waals surface area contributed by atoms with Gasteiger partial charge in [0.2, 0.25) is 5.89 Å². The molecule has 80 valence electrons. The lowest BCUT2D eigenvalue weighted by molar-refractivity contribution is 0.199. The van der Waals surface area contributed by atoms with Crippen LogP contribution in [0.2, 0.25) is 0 Å². The number of nitrogens with two attached hydrogens (primary N) is 1. The van der Waals surface area contributed by atoms with Gasteiger partial charge >= 0.3 is 0 Å². The third-order valence-electron chi connectivity index (χ3n) is 2.00. The first kappa shape index (κ1) is 11.1. The average Bonchev–Trinajstić information content (AvgIpc) is 2.62. The van der Waals surface area contributed by atoms with Gasteiger partial charge in [-0.3, -0.25) is 0 Å². The predicted molar refractivity (Wildman–Crippen MR) is 51.8 cm³/mol. The highest BCUT2D eigenvalue weighted by Crippen LogP contribution is 2.02. The standard InChI is InChI=1S/C9H17N3O2/c1-3-7(10)6-9-11-8(12-14-9)4-5-13-2/h7H,3-6,10H2,1-2H3. The molecule has 0 amide bonds. The Morgan fingerprint density at radius 2 is 2.36 bits per heavy atom. The van der Waals surface area contributed by atoms with Gasteiger partial charge in [-0.15, -0.1) is 0 Å². The van der Waals surface area contributed by atoms with Gasteiger partial charge in [0.15, 0.2) is 5.82 Å². The zero-order chi connectivity index (χ0) is 10.4. The Hall–Kier alpha value is -0.940. The highest BCUT2D eigenvalue weighted by atomic mass is 16.5. The molecule has 1 unspecified atom stereocenters. The Labute approximate surface area is 83.6 Å². The van der Waals surface area contributed by atoms with Crippen LogP contribution in [0.4, 0.5) is 0 Å². The van der Waals surface area contributed by atoms with Gasteiger partial charge < -0.3 is 15.0 Å². The lowest BCUT2D eigenvalue weighted by Crippen LogP contribution is -2.21. The Balaban J connectivity index is 2.42. The predicted octanol–water partition coefficient (Wildman–Crippen LogP) is 0.538. The monoisotopic (exact) mass is 199 g/mol. The van der Waals surface area contributed by atoms with Crippen LogP contribution >= 0.6 is 0 Å². The smallest absolute Gasteiger partial charge is 0.228 e. The molecule has 0 aliphatic rings. The van der Waals surface area contributed by atoms with Gasteiger partial charge in [-0.2, -0.15) is 4.98 Å². The molecule has 2 N–H and O–H groups in total. The molecule has 5 heteroatoms. The van der Waals surface area contributed by atoms with Gasteiger partial charge in [-0.1, -0.05) is 12.1 Å². The number of methoxy groups -OCH3 is 1. The minimum atomic E-state index is 0.103. The van der Waals surface area contributed by atoms with Crippen LogP contribution in [-0.4, -0.2) is 29.9 Å². The van der Waals surface area contributed by atoms with Gasteiger partial charge in [0.05, 0.1) is 6.61 Å². The van der Waals surface area contributed by atoms with Crippen molar-refractivity contribution in [2.75, 3.05) is 13.7 Å². The van der Waals surface area contributed by atoms with E-state index in [2.05, 4.69) is 10.1 Å². The first-order chi connectivity index (χ1) is 6.76. The normalized spacial score (nSPS) is 13.1. The topological polar surface area (TPSA) is 74.2 Å². The molecular weight excluding hydrogens is 182 g/mol. The van der Waals surface area contributed by atoms with Crippen LogP contribution in [0.15, 0.2) is 4.52 Å². The Morgan fingerprint density at radius 1 is 1.57 bits per heavy atom. The van der Waals surface area contributed by atoms with Gasteiger partial charge in [-0.25, -0.2) is 0 Å². The molecule has 0 saturated heterocycles. The average molecular weight is 199 g/mol. The molecule has 0 spiro atoms. The molecular formula is C9H17N3O2. The molecule has 1 heterocycles. The minimum absolute atomic E-state index is 0.103. The van der Waals surface area contributed by atoms with E-state index in [4.69, 9.17) is 15.0 Å². The fraction of sp³-hybridized carbons (Fsp3) is 0.778. The summed E-state index contributed by atoms with van der Waals surface area (Å²) in [6.45, 7) is 2.64. The summed E-state index contributed by atoms with van der Waals surface area (Å²) >= 11 is 0. The van der Waals surface area contributed by atoms with Gasteiger partial charge in [0.1, 0.15) is 0 Å². The Bertz CT molecular complexity index is 262. The summed E-state index contributed by atoms with van der Waals surface area (Å²) in [5.41, 5.74) is 5.76.